The number of ketones is 1. The highest BCUT2D eigenvalue weighted by Gasteiger charge is 2.13. The molecule has 1 fully saturated rings. The maximum Gasteiger partial charge on any atom is 0.133 e. The van der Waals surface area contributed by atoms with E-state index in [1.807, 2.05) is 0 Å². The Labute approximate surface area is 114 Å². The Morgan fingerprint density at radius 1 is 0.667 bits per heavy atom. The molecule has 1 heteroatoms. The molecule has 0 amide bonds. The predicted molar refractivity (Wildman–Crippen MR) is 78.7 cm³/mol. The molecule has 0 bridgehead atoms. The number of carbonyl (C=O) groups is 1. The van der Waals surface area contributed by atoms with Crippen LogP contribution >= 0.6 is 0 Å². The maximum absolute atomic E-state index is 11.9. The average Bonchev–Trinajstić information content (AvgIpc) is 2.30. The Kier molecular flexibility index (Phi) is 8.37. The lowest BCUT2D eigenvalue weighted by molar-refractivity contribution is -0.120. The van der Waals surface area contributed by atoms with E-state index < -0.39 is 0 Å². The van der Waals surface area contributed by atoms with Gasteiger partial charge in [0, 0.05) is 12.8 Å². The van der Waals surface area contributed by atoms with Gasteiger partial charge in [-0.05, 0) is 11.8 Å². The second-order valence-electron chi connectivity index (χ2n) is 6.56. The van der Waals surface area contributed by atoms with Gasteiger partial charge in [-0.3, -0.25) is 4.79 Å². The van der Waals surface area contributed by atoms with Crippen LogP contribution in [0.3, 0.4) is 0 Å². The zero-order chi connectivity index (χ0) is 13.2. The lowest BCUT2D eigenvalue weighted by atomic mass is 9.92. The van der Waals surface area contributed by atoms with E-state index in [4.69, 9.17) is 0 Å². The molecule has 1 aliphatic rings. The number of carbonyl (C=O) groups excluding carboxylic acids is 1. The molecule has 0 saturated heterocycles. The standard InChI is InChI=1S/C17H32O/c1-15-11-9-7-5-3-4-6-8-10-12-16(2)14-17(18)13-15/h15-16H,3-14H2,1-2H3. The second-order valence-corrected chi connectivity index (χ2v) is 6.56. The molecule has 18 heavy (non-hydrogen) atoms. The first-order valence-corrected chi connectivity index (χ1v) is 8.20. The van der Waals surface area contributed by atoms with E-state index in [2.05, 4.69) is 13.8 Å². The molecule has 2 unspecified atom stereocenters. The van der Waals surface area contributed by atoms with Crippen molar-refractivity contribution in [1.29, 1.82) is 0 Å². The molecule has 1 aliphatic carbocycles. The molecule has 1 saturated carbocycles. The van der Waals surface area contributed by atoms with Crippen LogP contribution in [-0.2, 0) is 4.79 Å². The summed E-state index contributed by atoms with van der Waals surface area (Å²) >= 11 is 0. The van der Waals surface area contributed by atoms with Gasteiger partial charge in [0.1, 0.15) is 5.78 Å². The topological polar surface area (TPSA) is 17.1 Å². The zero-order valence-electron chi connectivity index (χ0n) is 12.5. The average molecular weight is 252 g/mol. The van der Waals surface area contributed by atoms with Crippen molar-refractivity contribution in [3.8, 4) is 0 Å². The summed E-state index contributed by atoms with van der Waals surface area (Å²) < 4.78 is 0. The van der Waals surface area contributed by atoms with Crippen molar-refractivity contribution < 1.29 is 4.79 Å². The van der Waals surface area contributed by atoms with Crippen molar-refractivity contribution >= 4 is 5.78 Å². The predicted octanol–water partition coefficient (Wildman–Crippen LogP) is 5.52. The first-order chi connectivity index (χ1) is 8.68. The number of hydrogen-bond donors (Lipinski definition) is 0. The largest absolute Gasteiger partial charge is 0.300 e. The highest BCUT2D eigenvalue weighted by atomic mass is 16.1. The fourth-order valence-corrected chi connectivity index (χ4v) is 3.11. The highest BCUT2D eigenvalue weighted by molar-refractivity contribution is 5.78. The normalized spacial score (nSPS) is 30.4. The minimum Gasteiger partial charge on any atom is -0.300 e. The molecule has 106 valence electrons. The summed E-state index contributed by atoms with van der Waals surface area (Å²) in [5.41, 5.74) is 0. The van der Waals surface area contributed by atoms with Gasteiger partial charge in [0.15, 0.2) is 0 Å². The summed E-state index contributed by atoms with van der Waals surface area (Å²) in [6, 6.07) is 0. The first-order valence-electron chi connectivity index (χ1n) is 8.20. The fourth-order valence-electron chi connectivity index (χ4n) is 3.11. The molecule has 0 N–H and O–H groups in total. The number of rotatable bonds is 0. The Morgan fingerprint density at radius 3 is 1.39 bits per heavy atom. The Bertz CT molecular complexity index is 200. The molecular weight excluding hydrogens is 220 g/mol. The smallest absolute Gasteiger partial charge is 0.133 e. The molecule has 1 nitrogen and oxygen atoms in total. The van der Waals surface area contributed by atoms with Crippen molar-refractivity contribution in [1.82, 2.24) is 0 Å². The summed E-state index contributed by atoms with van der Waals surface area (Å²) in [4.78, 5) is 11.9. The van der Waals surface area contributed by atoms with Crippen molar-refractivity contribution in [2.75, 3.05) is 0 Å². The van der Waals surface area contributed by atoms with Crippen molar-refractivity contribution in [3.63, 3.8) is 0 Å². The van der Waals surface area contributed by atoms with Gasteiger partial charge in [-0.1, -0.05) is 78.1 Å². The molecule has 2 atom stereocenters. The van der Waals surface area contributed by atoms with Gasteiger partial charge in [0.25, 0.3) is 0 Å². The van der Waals surface area contributed by atoms with E-state index in [9.17, 15) is 4.79 Å². The van der Waals surface area contributed by atoms with Crippen LogP contribution < -0.4 is 0 Å². The van der Waals surface area contributed by atoms with E-state index in [0.717, 1.165) is 12.8 Å². The van der Waals surface area contributed by atoms with Crippen molar-refractivity contribution in [3.05, 3.63) is 0 Å². The lowest BCUT2D eigenvalue weighted by Gasteiger charge is -2.13. The van der Waals surface area contributed by atoms with Gasteiger partial charge in [0.05, 0.1) is 0 Å². The minimum atomic E-state index is 0.505. The SMILES string of the molecule is CC1CCCCCCCCCCC(C)CC(=O)C1. The van der Waals surface area contributed by atoms with E-state index in [1.54, 1.807) is 0 Å². The Morgan fingerprint density at radius 2 is 1.00 bits per heavy atom. The molecule has 0 aliphatic heterocycles. The highest BCUT2D eigenvalue weighted by Crippen LogP contribution is 2.21. The van der Waals surface area contributed by atoms with E-state index in [-0.39, 0.29) is 0 Å². The number of Topliss-reactive ketones (excluding diaryl/α,β-unsaturated/α-hetero) is 1. The Hall–Kier alpha value is -0.330. The van der Waals surface area contributed by atoms with E-state index in [0.29, 0.717) is 17.6 Å². The maximum atomic E-state index is 11.9. The Balaban J connectivity index is 2.33. The van der Waals surface area contributed by atoms with Gasteiger partial charge in [-0.25, -0.2) is 0 Å². The third kappa shape index (κ3) is 7.89. The van der Waals surface area contributed by atoms with Crippen LogP contribution in [0.4, 0.5) is 0 Å². The quantitative estimate of drug-likeness (QED) is 0.554. The molecule has 0 aromatic carbocycles. The van der Waals surface area contributed by atoms with Gasteiger partial charge in [0.2, 0.25) is 0 Å². The van der Waals surface area contributed by atoms with Gasteiger partial charge in [-0.15, -0.1) is 0 Å². The van der Waals surface area contributed by atoms with Crippen molar-refractivity contribution in [2.45, 2.75) is 90.9 Å². The molecule has 0 heterocycles. The van der Waals surface area contributed by atoms with Crippen LogP contribution in [0.2, 0.25) is 0 Å². The monoisotopic (exact) mass is 252 g/mol. The molecular formula is C17H32O. The fraction of sp³-hybridized carbons (Fsp3) is 0.941. The molecule has 0 aromatic rings. The molecule has 0 aromatic heterocycles. The minimum absolute atomic E-state index is 0.505. The first kappa shape index (κ1) is 15.7. The van der Waals surface area contributed by atoms with Crippen LogP contribution in [-0.4, -0.2) is 5.78 Å². The lowest BCUT2D eigenvalue weighted by Crippen LogP contribution is -2.10. The van der Waals surface area contributed by atoms with Crippen LogP contribution in [0.5, 0.6) is 0 Å². The zero-order valence-corrected chi connectivity index (χ0v) is 12.5. The van der Waals surface area contributed by atoms with Crippen molar-refractivity contribution in [2.24, 2.45) is 11.8 Å². The second kappa shape index (κ2) is 9.58. The van der Waals surface area contributed by atoms with Gasteiger partial charge < -0.3 is 0 Å². The van der Waals surface area contributed by atoms with E-state index in [1.165, 1.54) is 64.2 Å². The number of hydrogen-bond acceptors (Lipinski definition) is 1. The summed E-state index contributed by atoms with van der Waals surface area (Å²) in [5.74, 6) is 1.72. The van der Waals surface area contributed by atoms with Crippen LogP contribution in [0.25, 0.3) is 0 Å². The van der Waals surface area contributed by atoms with Gasteiger partial charge >= 0.3 is 0 Å². The van der Waals surface area contributed by atoms with Gasteiger partial charge in [-0.2, -0.15) is 0 Å². The summed E-state index contributed by atoms with van der Waals surface area (Å²) in [6.45, 7) is 4.50. The molecule has 0 spiro atoms. The third-order valence-electron chi connectivity index (χ3n) is 4.30. The van der Waals surface area contributed by atoms with Crippen LogP contribution in [0.15, 0.2) is 0 Å². The van der Waals surface area contributed by atoms with Crippen LogP contribution in [0.1, 0.15) is 90.9 Å². The third-order valence-corrected chi connectivity index (χ3v) is 4.30. The summed E-state index contributed by atoms with van der Waals surface area (Å²) in [7, 11) is 0. The van der Waals surface area contributed by atoms with Crippen LogP contribution in [0, 0.1) is 11.8 Å². The summed E-state index contributed by atoms with van der Waals surface area (Å²) in [6.07, 6.45) is 15.2. The molecule has 0 radical (unpaired) electrons. The molecule has 1 rings (SSSR count). The summed E-state index contributed by atoms with van der Waals surface area (Å²) in [5, 5.41) is 0. The van der Waals surface area contributed by atoms with E-state index >= 15 is 0 Å².